The molecular weight excluding hydrogens is 332 g/mol. The molecule has 0 amide bonds. The fourth-order valence-corrected chi connectivity index (χ4v) is 5.56. The highest BCUT2D eigenvalue weighted by Crippen LogP contribution is 2.22. The number of guanidine groups is 1. The highest BCUT2D eigenvalue weighted by atomic mass is 32.2. The van der Waals surface area contributed by atoms with E-state index in [0.29, 0.717) is 18.3 Å². The van der Waals surface area contributed by atoms with Crippen LogP contribution in [-0.4, -0.2) is 79.6 Å². The van der Waals surface area contributed by atoms with Crippen LogP contribution in [0.15, 0.2) is 4.99 Å². The van der Waals surface area contributed by atoms with E-state index in [1.165, 1.54) is 12.7 Å². The molecule has 8 heteroatoms. The number of sulfonamides is 1. The lowest BCUT2D eigenvalue weighted by molar-refractivity contribution is 0.385. The molecule has 0 aliphatic carbocycles. The summed E-state index contributed by atoms with van der Waals surface area (Å²) in [4.78, 5) is 7.10. The Morgan fingerprint density at radius 2 is 2.13 bits per heavy atom. The normalized spacial score (nSPS) is 27.4. The second-order valence-corrected chi connectivity index (χ2v) is 9.55. The minimum absolute atomic E-state index is 0.0137. The average Bonchev–Trinajstić information content (AvgIpc) is 3.00. The molecule has 0 aromatic heterocycles. The molecule has 23 heavy (non-hydrogen) atoms. The van der Waals surface area contributed by atoms with E-state index in [4.69, 9.17) is 4.99 Å². The van der Waals surface area contributed by atoms with Gasteiger partial charge in [0.05, 0.1) is 12.8 Å². The van der Waals surface area contributed by atoms with Crippen molar-refractivity contribution >= 4 is 27.7 Å². The molecule has 2 fully saturated rings. The molecule has 134 valence electrons. The van der Waals surface area contributed by atoms with E-state index in [2.05, 4.69) is 24.1 Å². The lowest BCUT2D eigenvalue weighted by Gasteiger charge is -2.34. The summed E-state index contributed by atoms with van der Waals surface area (Å²) in [7, 11) is -3.12. The molecule has 2 atom stereocenters. The van der Waals surface area contributed by atoms with Crippen LogP contribution in [0.5, 0.6) is 0 Å². The van der Waals surface area contributed by atoms with Gasteiger partial charge in [0.15, 0.2) is 5.96 Å². The summed E-state index contributed by atoms with van der Waals surface area (Å²) < 4.78 is 25.3. The number of nitrogens with one attached hydrogen (secondary N) is 1. The maximum atomic E-state index is 11.8. The number of aliphatic imine (C=N–C) groups is 1. The van der Waals surface area contributed by atoms with Gasteiger partial charge in [0.2, 0.25) is 10.0 Å². The first-order chi connectivity index (χ1) is 11.0. The summed E-state index contributed by atoms with van der Waals surface area (Å²) in [6, 6.07) is 0.0137. The summed E-state index contributed by atoms with van der Waals surface area (Å²) in [5.41, 5.74) is 0. The van der Waals surface area contributed by atoms with Crippen LogP contribution in [0.25, 0.3) is 0 Å². The van der Waals surface area contributed by atoms with Crippen LogP contribution >= 0.6 is 11.8 Å². The van der Waals surface area contributed by atoms with Crippen molar-refractivity contribution in [3.63, 3.8) is 0 Å². The van der Waals surface area contributed by atoms with Gasteiger partial charge in [0.25, 0.3) is 0 Å². The van der Waals surface area contributed by atoms with Gasteiger partial charge in [-0.15, -0.1) is 0 Å². The third-order valence-electron chi connectivity index (χ3n) is 4.43. The van der Waals surface area contributed by atoms with Crippen LogP contribution < -0.4 is 5.32 Å². The molecule has 6 nitrogen and oxygen atoms in total. The van der Waals surface area contributed by atoms with Crippen molar-refractivity contribution in [1.29, 1.82) is 0 Å². The number of hydrogen-bond acceptors (Lipinski definition) is 4. The second-order valence-electron chi connectivity index (χ2n) is 6.21. The second kappa shape index (κ2) is 8.58. The molecule has 2 saturated heterocycles. The molecule has 0 spiro atoms. The highest BCUT2D eigenvalue weighted by molar-refractivity contribution is 8.00. The number of hydrogen-bond donors (Lipinski definition) is 1. The summed E-state index contributed by atoms with van der Waals surface area (Å²) in [6.07, 6.45) is 4.31. The minimum Gasteiger partial charge on any atom is -0.357 e. The Morgan fingerprint density at radius 3 is 2.78 bits per heavy atom. The third kappa shape index (κ3) is 5.26. The van der Waals surface area contributed by atoms with Gasteiger partial charge in [0.1, 0.15) is 0 Å². The van der Waals surface area contributed by atoms with Crippen molar-refractivity contribution in [2.24, 2.45) is 4.99 Å². The highest BCUT2D eigenvalue weighted by Gasteiger charge is 2.31. The summed E-state index contributed by atoms with van der Waals surface area (Å²) in [5.74, 6) is 2.06. The van der Waals surface area contributed by atoms with E-state index in [9.17, 15) is 8.42 Å². The van der Waals surface area contributed by atoms with Gasteiger partial charge in [0, 0.05) is 43.2 Å². The van der Waals surface area contributed by atoms with Crippen LogP contribution in [0.1, 0.15) is 33.1 Å². The van der Waals surface area contributed by atoms with E-state index in [1.54, 1.807) is 4.31 Å². The summed E-state index contributed by atoms with van der Waals surface area (Å²) in [6.45, 7) is 8.35. The molecule has 0 aromatic rings. The maximum absolute atomic E-state index is 11.8. The molecule has 2 aliphatic rings. The first-order valence-corrected chi connectivity index (χ1v) is 11.5. The quantitative estimate of drug-likeness (QED) is 0.588. The lowest BCUT2D eigenvalue weighted by Crippen LogP contribution is -2.48. The molecule has 2 rings (SSSR count). The molecular formula is C15H30N4O2S2. The van der Waals surface area contributed by atoms with E-state index in [0.717, 1.165) is 44.2 Å². The molecule has 1 N–H and O–H groups in total. The molecule has 2 aliphatic heterocycles. The van der Waals surface area contributed by atoms with Gasteiger partial charge in [-0.1, -0.05) is 6.92 Å². The SMILES string of the molecule is CCNC(=NC[C@H]1CCCN1S(C)(=O)=O)N1CCSC(CC)C1. The van der Waals surface area contributed by atoms with Gasteiger partial charge in [-0.2, -0.15) is 16.1 Å². The largest absolute Gasteiger partial charge is 0.357 e. The van der Waals surface area contributed by atoms with Gasteiger partial charge >= 0.3 is 0 Å². The summed E-state index contributed by atoms with van der Waals surface area (Å²) in [5, 5.41) is 4.03. The molecule has 1 unspecified atom stereocenters. The molecule has 2 heterocycles. The zero-order chi connectivity index (χ0) is 16.9. The first kappa shape index (κ1) is 18.9. The summed E-state index contributed by atoms with van der Waals surface area (Å²) >= 11 is 2.04. The van der Waals surface area contributed by atoms with E-state index in [-0.39, 0.29) is 6.04 Å². The molecule has 0 bridgehead atoms. The Bertz CT molecular complexity index is 510. The van der Waals surface area contributed by atoms with Crippen molar-refractivity contribution in [2.45, 2.75) is 44.4 Å². The van der Waals surface area contributed by atoms with Crippen molar-refractivity contribution in [1.82, 2.24) is 14.5 Å². The van der Waals surface area contributed by atoms with Gasteiger partial charge in [-0.05, 0) is 26.2 Å². The van der Waals surface area contributed by atoms with Crippen molar-refractivity contribution in [3.05, 3.63) is 0 Å². The van der Waals surface area contributed by atoms with Crippen LogP contribution in [0.2, 0.25) is 0 Å². The van der Waals surface area contributed by atoms with Gasteiger partial charge in [-0.25, -0.2) is 8.42 Å². The van der Waals surface area contributed by atoms with Crippen molar-refractivity contribution < 1.29 is 8.42 Å². The van der Waals surface area contributed by atoms with E-state index < -0.39 is 10.0 Å². The van der Waals surface area contributed by atoms with E-state index in [1.807, 2.05) is 11.8 Å². The van der Waals surface area contributed by atoms with Crippen LogP contribution in [0, 0.1) is 0 Å². The molecule has 0 radical (unpaired) electrons. The smallest absolute Gasteiger partial charge is 0.211 e. The standard InChI is InChI=1S/C15H30N4O2S2/c1-4-14-12-18(9-10-22-14)15(16-5-2)17-11-13-7-6-8-19(13)23(3,20)21/h13-14H,4-12H2,1-3H3,(H,16,17)/t13-,14?/m1/s1. The number of rotatable bonds is 5. The minimum atomic E-state index is -3.12. The topological polar surface area (TPSA) is 65.0 Å². The Morgan fingerprint density at radius 1 is 1.35 bits per heavy atom. The van der Waals surface area contributed by atoms with Crippen LogP contribution in [0.4, 0.5) is 0 Å². The Labute approximate surface area is 145 Å². The first-order valence-electron chi connectivity index (χ1n) is 8.57. The average molecular weight is 363 g/mol. The fraction of sp³-hybridized carbons (Fsp3) is 0.933. The fourth-order valence-electron chi connectivity index (χ4n) is 3.20. The van der Waals surface area contributed by atoms with E-state index >= 15 is 0 Å². The van der Waals surface area contributed by atoms with Gasteiger partial charge in [-0.3, -0.25) is 4.99 Å². The van der Waals surface area contributed by atoms with Crippen LogP contribution in [0.3, 0.4) is 0 Å². The Balaban J connectivity index is 2.03. The lowest BCUT2D eigenvalue weighted by atomic mass is 10.2. The van der Waals surface area contributed by atoms with Crippen molar-refractivity contribution in [2.75, 3.05) is 44.7 Å². The van der Waals surface area contributed by atoms with Gasteiger partial charge < -0.3 is 10.2 Å². The predicted octanol–water partition coefficient (Wildman–Crippen LogP) is 1.20. The monoisotopic (exact) mass is 362 g/mol. The zero-order valence-corrected chi connectivity index (χ0v) is 16.1. The molecule has 0 aromatic carbocycles. The predicted molar refractivity (Wildman–Crippen MR) is 98.7 cm³/mol. The van der Waals surface area contributed by atoms with Crippen LogP contribution in [-0.2, 0) is 10.0 Å². The Kier molecular flexibility index (Phi) is 7.03. The number of nitrogens with zero attached hydrogens (tertiary/aromatic N) is 3. The third-order valence-corrected chi connectivity index (χ3v) is 7.13. The molecule has 0 saturated carbocycles. The Hall–Kier alpha value is -0.470. The maximum Gasteiger partial charge on any atom is 0.211 e. The number of thioether (sulfide) groups is 1. The van der Waals surface area contributed by atoms with Crippen molar-refractivity contribution in [3.8, 4) is 0 Å². The zero-order valence-electron chi connectivity index (χ0n) is 14.5.